The highest BCUT2D eigenvalue weighted by atomic mass is 16.5. The number of hydrogen-bond acceptors (Lipinski definition) is 1. The molecule has 0 aliphatic carbocycles. The third-order valence-electron chi connectivity index (χ3n) is 1.51. The Balaban J connectivity index is 2.53. The maximum Gasteiger partial charge on any atom is 0.119 e. The number of rotatable bonds is 3. The van der Waals surface area contributed by atoms with Crippen molar-refractivity contribution in [3.8, 4) is 5.75 Å². The van der Waals surface area contributed by atoms with E-state index in [0.717, 1.165) is 11.3 Å². The Labute approximate surface area is 73.7 Å². The smallest absolute Gasteiger partial charge is 0.119 e. The maximum absolute atomic E-state index is 5.42. The predicted octanol–water partition coefficient (Wildman–Crippen LogP) is 2.95. The van der Waals surface area contributed by atoms with Crippen molar-refractivity contribution in [3.05, 3.63) is 42.0 Å². The summed E-state index contributed by atoms with van der Waals surface area (Å²) in [4.78, 5) is 0. The molecular formula is C11H14O. The van der Waals surface area contributed by atoms with Crippen LogP contribution in [0, 0.1) is 6.92 Å². The fourth-order valence-corrected chi connectivity index (χ4v) is 0.841. The molecule has 1 nitrogen and oxygen atoms in total. The second kappa shape index (κ2) is 3.96. The van der Waals surface area contributed by atoms with E-state index in [1.54, 1.807) is 0 Å². The molecule has 0 atom stereocenters. The second-order valence-electron chi connectivity index (χ2n) is 3.06. The van der Waals surface area contributed by atoms with Crippen LogP contribution < -0.4 is 4.74 Å². The molecule has 0 bridgehead atoms. The minimum atomic E-state index is 0.600. The van der Waals surface area contributed by atoms with Crippen molar-refractivity contribution in [2.75, 3.05) is 6.61 Å². The molecule has 0 aliphatic heterocycles. The van der Waals surface area contributed by atoms with Gasteiger partial charge in [0, 0.05) is 0 Å². The zero-order chi connectivity index (χ0) is 8.97. The van der Waals surface area contributed by atoms with Gasteiger partial charge in [0.15, 0.2) is 0 Å². The summed E-state index contributed by atoms with van der Waals surface area (Å²) in [5, 5.41) is 0. The number of aryl methyl sites for hydroxylation is 1. The zero-order valence-electron chi connectivity index (χ0n) is 7.63. The van der Waals surface area contributed by atoms with Crippen molar-refractivity contribution in [3.63, 3.8) is 0 Å². The number of hydrogen-bond donors (Lipinski definition) is 0. The van der Waals surface area contributed by atoms with E-state index in [9.17, 15) is 0 Å². The lowest BCUT2D eigenvalue weighted by molar-refractivity contribution is 0.352. The minimum Gasteiger partial charge on any atom is -0.489 e. The van der Waals surface area contributed by atoms with E-state index in [1.807, 2.05) is 31.2 Å². The van der Waals surface area contributed by atoms with E-state index < -0.39 is 0 Å². The Kier molecular flexibility index (Phi) is 2.92. The molecule has 64 valence electrons. The van der Waals surface area contributed by atoms with Crippen LogP contribution in [0.25, 0.3) is 0 Å². The van der Waals surface area contributed by atoms with Gasteiger partial charge in [-0.15, -0.1) is 0 Å². The van der Waals surface area contributed by atoms with E-state index in [-0.39, 0.29) is 0 Å². The predicted molar refractivity (Wildman–Crippen MR) is 51.5 cm³/mol. The molecule has 0 amide bonds. The number of ether oxygens (including phenoxy) is 1. The van der Waals surface area contributed by atoms with Crippen molar-refractivity contribution in [1.29, 1.82) is 0 Å². The third kappa shape index (κ3) is 2.79. The van der Waals surface area contributed by atoms with Crippen LogP contribution in [0.5, 0.6) is 5.75 Å². The molecule has 0 fully saturated rings. The average molecular weight is 162 g/mol. The fourth-order valence-electron chi connectivity index (χ4n) is 0.841. The van der Waals surface area contributed by atoms with Gasteiger partial charge in [-0.1, -0.05) is 24.3 Å². The lowest BCUT2D eigenvalue weighted by atomic mass is 10.2. The van der Waals surface area contributed by atoms with Gasteiger partial charge in [0.25, 0.3) is 0 Å². The quantitative estimate of drug-likeness (QED) is 0.621. The summed E-state index contributed by atoms with van der Waals surface area (Å²) in [7, 11) is 0. The molecule has 0 radical (unpaired) electrons. The van der Waals surface area contributed by atoms with Gasteiger partial charge >= 0.3 is 0 Å². The lowest BCUT2D eigenvalue weighted by Gasteiger charge is -2.04. The van der Waals surface area contributed by atoms with E-state index in [0.29, 0.717) is 6.61 Å². The fraction of sp³-hybridized carbons (Fsp3) is 0.273. The van der Waals surface area contributed by atoms with Gasteiger partial charge in [-0.25, -0.2) is 0 Å². The van der Waals surface area contributed by atoms with Crippen molar-refractivity contribution in [2.24, 2.45) is 0 Å². The first-order chi connectivity index (χ1) is 5.68. The molecule has 0 aliphatic rings. The molecule has 1 rings (SSSR count). The normalized spacial score (nSPS) is 9.50. The summed E-state index contributed by atoms with van der Waals surface area (Å²) < 4.78 is 5.42. The van der Waals surface area contributed by atoms with E-state index in [4.69, 9.17) is 4.74 Å². The molecule has 0 aromatic heterocycles. The number of benzene rings is 1. The highest BCUT2D eigenvalue weighted by Crippen LogP contribution is 2.11. The van der Waals surface area contributed by atoms with Crippen molar-refractivity contribution >= 4 is 0 Å². The summed E-state index contributed by atoms with van der Waals surface area (Å²) in [5.74, 6) is 0.906. The topological polar surface area (TPSA) is 9.23 Å². The van der Waals surface area contributed by atoms with Gasteiger partial charge in [-0.05, 0) is 31.6 Å². The largest absolute Gasteiger partial charge is 0.489 e. The zero-order valence-corrected chi connectivity index (χ0v) is 7.63. The second-order valence-corrected chi connectivity index (χ2v) is 3.06. The summed E-state index contributed by atoms with van der Waals surface area (Å²) in [6, 6.07) is 8.01. The SMILES string of the molecule is C=C(C)COc1ccc(C)cc1. The van der Waals surface area contributed by atoms with Crippen LogP contribution in [0.4, 0.5) is 0 Å². The Morgan fingerprint density at radius 2 is 1.92 bits per heavy atom. The monoisotopic (exact) mass is 162 g/mol. The molecule has 0 unspecified atom stereocenters. The molecule has 0 saturated carbocycles. The van der Waals surface area contributed by atoms with Crippen molar-refractivity contribution < 1.29 is 4.74 Å². The van der Waals surface area contributed by atoms with Gasteiger partial charge in [0.2, 0.25) is 0 Å². The lowest BCUT2D eigenvalue weighted by Crippen LogP contribution is -1.96. The Morgan fingerprint density at radius 3 is 2.42 bits per heavy atom. The van der Waals surface area contributed by atoms with Crippen molar-refractivity contribution in [1.82, 2.24) is 0 Å². The summed E-state index contributed by atoms with van der Waals surface area (Å²) in [6.07, 6.45) is 0. The summed E-state index contributed by atoms with van der Waals surface area (Å²) in [6.45, 7) is 8.37. The van der Waals surface area contributed by atoms with Gasteiger partial charge in [0.1, 0.15) is 12.4 Å². The molecular weight excluding hydrogens is 148 g/mol. The third-order valence-corrected chi connectivity index (χ3v) is 1.51. The van der Waals surface area contributed by atoms with Crippen LogP contribution in [0.15, 0.2) is 36.4 Å². The van der Waals surface area contributed by atoms with Crippen LogP contribution in [0.1, 0.15) is 12.5 Å². The Morgan fingerprint density at radius 1 is 1.33 bits per heavy atom. The van der Waals surface area contributed by atoms with Crippen molar-refractivity contribution in [2.45, 2.75) is 13.8 Å². The molecule has 0 spiro atoms. The highest BCUT2D eigenvalue weighted by Gasteiger charge is 1.91. The molecule has 1 aromatic carbocycles. The van der Waals surface area contributed by atoms with Gasteiger partial charge in [-0.3, -0.25) is 0 Å². The molecule has 0 N–H and O–H groups in total. The molecule has 1 aromatic rings. The van der Waals surface area contributed by atoms with Gasteiger partial charge in [-0.2, -0.15) is 0 Å². The summed E-state index contributed by atoms with van der Waals surface area (Å²) >= 11 is 0. The first-order valence-corrected chi connectivity index (χ1v) is 4.02. The van der Waals surface area contributed by atoms with Gasteiger partial charge in [0.05, 0.1) is 0 Å². The summed E-state index contributed by atoms with van der Waals surface area (Å²) in [5.41, 5.74) is 2.29. The molecule has 0 heterocycles. The van der Waals surface area contributed by atoms with E-state index in [1.165, 1.54) is 5.56 Å². The first-order valence-electron chi connectivity index (χ1n) is 4.02. The molecule has 0 saturated heterocycles. The van der Waals surface area contributed by atoms with Crippen LogP contribution in [0.3, 0.4) is 0 Å². The van der Waals surface area contributed by atoms with Gasteiger partial charge < -0.3 is 4.74 Å². The standard InChI is InChI=1S/C11H14O/c1-9(2)8-12-11-6-4-10(3)5-7-11/h4-7H,1,8H2,2-3H3. The Bertz CT molecular complexity index is 259. The average Bonchev–Trinajstić information content (AvgIpc) is 2.03. The van der Waals surface area contributed by atoms with E-state index in [2.05, 4.69) is 13.5 Å². The van der Waals surface area contributed by atoms with E-state index >= 15 is 0 Å². The van der Waals surface area contributed by atoms with Crippen LogP contribution in [-0.2, 0) is 0 Å². The molecule has 1 heteroatoms. The van der Waals surface area contributed by atoms with Crippen LogP contribution >= 0.6 is 0 Å². The molecule has 12 heavy (non-hydrogen) atoms. The van der Waals surface area contributed by atoms with Crippen LogP contribution in [0.2, 0.25) is 0 Å². The maximum atomic E-state index is 5.42. The van der Waals surface area contributed by atoms with Crippen LogP contribution in [-0.4, -0.2) is 6.61 Å². The Hall–Kier alpha value is -1.24. The first kappa shape index (κ1) is 8.85. The minimum absolute atomic E-state index is 0.600. The highest BCUT2D eigenvalue weighted by molar-refractivity contribution is 5.26.